The third-order valence-electron chi connectivity index (χ3n) is 1.73. The van der Waals surface area contributed by atoms with Crippen LogP contribution in [0.5, 0.6) is 0 Å². The molecule has 0 bridgehead atoms. The molecule has 0 radical (unpaired) electrons. The molecule has 0 atom stereocenters. The quantitative estimate of drug-likeness (QED) is 0.576. The average Bonchev–Trinajstić information content (AvgIpc) is 1.85. The first-order chi connectivity index (χ1) is 4.45. The van der Waals surface area contributed by atoms with E-state index in [2.05, 4.69) is 6.58 Å². The summed E-state index contributed by atoms with van der Waals surface area (Å²) in [5.41, 5.74) is 1.85. The van der Waals surface area contributed by atoms with E-state index in [1.54, 1.807) is 0 Å². The molecule has 0 spiro atoms. The molecule has 60 valence electrons. The Labute approximate surface area is 64.4 Å². The Hall–Kier alpha value is -0.163. The third kappa shape index (κ3) is 1.66. The normalized spacial score (nSPS) is 12.7. The zero-order valence-electron chi connectivity index (χ0n) is 7.26. The smallest absolute Gasteiger partial charge is 0.309 e. The molecule has 2 N–H and O–H groups in total. The van der Waals surface area contributed by atoms with Gasteiger partial charge in [0, 0.05) is 0 Å². The zero-order chi connectivity index (χ0) is 8.36. The van der Waals surface area contributed by atoms with Gasteiger partial charge in [0.15, 0.2) is 0 Å². The van der Waals surface area contributed by atoms with E-state index in [-0.39, 0.29) is 0 Å². The summed E-state index contributed by atoms with van der Waals surface area (Å²) in [6, 6.07) is 0. The Bertz CT molecular complexity index is 114. The van der Waals surface area contributed by atoms with Crippen molar-refractivity contribution in [3.63, 3.8) is 0 Å². The second-order valence-corrected chi connectivity index (χ2v) is 6.54. The highest BCUT2D eigenvalue weighted by atomic mass is 28.4. The fourth-order valence-electron chi connectivity index (χ4n) is 0.765. The van der Waals surface area contributed by atoms with Crippen LogP contribution in [-0.2, 0) is 0 Å². The van der Waals surface area contributed by atoms with Gasteiger partial charge in [0.2, 0.25) is 0 Å². The topological polar surface area (TPSA) is 32.5 Å². The van der Waals surface area contributed by atoms with Gasteiger partial charge in [-0.15, -0.1) is 6.58 Å². The molecule has 10 heavy (non-hydrogen) atoms. The molecule has 0 aromatic rings. The summed E-state index contributed by atoms with van der Waals surface area (Å²) in [5.74, 6) is 0. The fraction of sp³-hybridized carbons (Fsp3) is 0.667. The molecule has 0 saturated heterocycles. The van der Waals surface area contributed by atoms with E-state index >= 15 is 0 Å². The minimum atomic E-state index is -1.95. The molecule has 0 rings (SSSR count). The van der Waals surface area contributed by atoms with Gasteiger partial charge < -0.3 is 14.5 Å². The Morgan fingerprint density at radius 3 is 1.50 bits per heavy atom. The predicted octanol–water partition coefficient (Wildman–Crippen LogP) is -0.268. The van der Waals surface area contributed by atoms with Gasteiger partial charge in [-0.05, 0) is 28.2 Å². The van der Waals surface area contributed by atoms with Crippen LogP contribution in [0.3, 0.4) is 0 Å². The molecule has 0 aliphatic carbocycles. The van der Waals surface area contributed by atoms with E-state index in [1.165, 1.54) is 0 Å². The van der Waals surface area contributed by atoms with Crippen LogP contribution < -0.4 is 5.40 Å². The van der Waals surface area contributed by atoms with Crippen molar-refractivity contribution in [1.29, 1.82) is 0 Å². The molecule has 0 aromatic heterocycles. The van der Waals surface area contributed by atoms with Crippen LogP contribution >= 0.6 is 0 Å². The van der Waals surface area contributed by atoms with Crippen molar-refractivity contribution in [2.45, 2.75) is 0 Å². The molecule has 0 unspecified atom stereocenters. The standard InChI is InChI=1S/C6H17N3Si/c1-6-10(7,8(2)3)9(4)5/h6H,1,7H2,2-5H3. The highest BCUT2D eigenvalue weighted by Crippen LogP contribution is 2.01. The van der Waals surface area contributed by atoms with Gasteiger partial charge in [0.25, 0.3) is 0 Å². The van der Waals surface area contributed by atoms with Crippen LogP contribution in [0.4, 0.5) is 0 Å². The monoisotopic (exact) mass is 159 g/mol. The van der Waals surface area contributed by atoms with Crippen molar-refractivity contribution >= 4 is 8.56 Å². The predicted molar refractivity (Wildman–Crippen MR) is 47.5 cm³/mol. The van der Waals surface area contributed by atoms with Crippen LogP contribution in [0.15, 0.2) is 12.3 Å². The van der Waals surface area contributed by atoms with E-state index in [0.29, 0.717) is 0 Å². The molecule has 0 aromatic carbocycles. The molecule has 0 aliphatic heterocycles. The second kappa shape index (κ2) is 3.29. The third-order valence-corrected chi connectivity index (χ3v) is 5.20. The lowest BCUT2D eigenvalue weighted by Crippen LogP contribution is -2.67. The Morgan fingerprint density at radius 2 is 1.50 bits per heavy atom. The van der Waals surface area contributed by atoms with Crippen molar-refractivity contribution in [3.8, 4) is 0 Å². The first kappa shape index (κ1) is 9.84. The van der Waals surface area contributed by atoms with Gasteiger partial charge in [0.05, 0.1) is 0 Å². The van der Waals surface area contributed by atoms with E-state index < -0.39 is 8.56 Å². The zero-order valence-corrected chi connectivity index (χ0v) is 8.26. The summed E-state index contributed by atoms with van der Waals surface area (Å²) in [6.07, 6.45) is 0. The van der Waals surface area contributed by atoms with Gasteiger partial charge in [-0.2, -0.15) is 0 Å². The number of nitrogens with zero attached hydrogens (tertiary/aromatic N) is 2. The lowest BCUT2D eigenvalue weighted by molar-refractivity contribution is 0.494. The maximum Gasteiger partial charge on any atom is 0.309 e. The van der Waals surface area contributed by atoms with Crippen LogP contribution in [-0.4, -0.2) is 45.9 Å². The molecule has 0 heterocycles. The molecular formula is C6H17N3Si. The summed E-state index contributed by atoms with van der Waals surface area (Å²) in [7, 11) is 5.97. The highest BCUT2D eigenvalue weighted by Gasteiger charge is 2.31. The van der Waals surface area contributed by atoms with Crippen molar-refractivity contribution in [3.05, 3.63) is 12.3 Å². The molecule has 0 aliphatic rings. The molecule has 0 fully saturated rings. The van der Waals surface area contributed by atoms with Gasteiger partial charge in [0.1, 0.15) is 0 Å². The van der Waals surface area contributed by atoms with Gasteiger partial charge in [-0.25, -0.2) is 0 Å². The van der Waals surface area contributed by atoms with Crippen molar-refractivity contribution < 1.29 is 0 Å². The number of hydrogen-bond donors (Lipinski definition) is 1. The number of nitrogens with two attached hydrogens (primary N) is 1. The summed E-state index contributed by atoms with van der Waals surface area (Å²) in [5, 5.41) is 6.06. The van der Waals surface area contributed by atoms with E-state index in [0.717, 1.165) is 0 Å². The van der Waals surface area contributed by atoms with E-state index in [4.69, 9.17) is 5.40 Å². The lowest BCUT2D eigenvalue weighted by atomic mass is 11.2. The fourth-order valence-corrected chi connectivity index (χ4v) is 2.30. The van der Waals surface area contributed by atoms with Crippen LogP contribution in [0.25, 0.3) is 0 Å². The first-order valence-electron chi connectivity index (χ1n) is 3.22. The summed E-state index contributed by atoms with van der Waals surface area (Å²) in [4.78, 5) is 0. The van der Waals surface area contributed by atoms with E-state index in [9.17, 15) is 0 Å². The van der Waals surface area contributed by atoms with Crippen molar-refractivity contribution in [2.75, 3.05) is 28.2 Å². The second-order valence-electron chi connectivity index (χ2n) is 2.78. The Balaban J connectivity index is 4.38. The molecule has 3 nitrogen and oxygen atoms in total. The van der Waals surface area contributed by atoms with Gasteiger partial charge >= 0.3 is 8.56 Å². The molecule has 0 amide bonds. The summed E-state index contributed by atoms with van der Waals surface area (Å²) < 4.78 is 4.08. The lowest BCUT2D eigenvalue weighted by Gasteiger charge is -2.35. The van der Waals surface area contributed by atoms with Crippen LogP contribution in [0, 0.1) is 0 Å². The molecule has 4 heteroatoms. The number of hydrogen-bond acceptors (Lipinski definition) is 3. The Kier molecular flexibility index (Phi) is 3.24. The van der Waals surface area contributed by atoms with Crippen LogP contribution in [0.1, 0.15) is 0 Å². The van der Waals surface area contributed by atoms with Crippen molar-refractivity contribution in [1.82, 2.24) is 9.13 Å². The van der Waals surface area contributed by atoms with Crippen LogP contribution in [0.2, 0.25) is 0 Å². The first-order valence-corrected chi connectivity index (χ1v) is 5.27. The van der Waals surface area contributed by atoms with Gasteiger partial charge in [-0.1, -0.05) is 5.70 Å². The van der Waals surface area contributed by atoms with E-state index in [1.807, 2.05) is 43.0 Å². The SMILES string of the molecule is C=C[Si](N)(N(C)C)N(C)C. The number of rotatable bonds is 3. The largest absolute Gasteiger partial charge is 0.323 e. The van der Waals surface area contributed by atoms with Crippen molar-refractivity contribution in [2.24, 2.45) is 5.40 Å². The minimum Gasteiger partial charge on any atom is -0.323 e. The maximum atomic E-state index is 6.06. The maximum absolute atomic E-state index is 6.06. The van der Waals surface area contributed by atoms with Gasteiger partial charge in [-0.3, -0.25) is 0 Å². The highest BCUT2D eigenvalue weighted by molar-refractivity contribution is 6.76. The summed E-state index contributed by atoms with van der Waals surface area (Å²) in [6.45, 7) is 3.73. The molecule has 0 saturated carbocycles. The molecular weight excluding hydrogens is 142 g/mol. The summed E-state index contributed by atoms with van der Waals surface area (Å²) >= 11 is 0. The Morgan fingerprint density at radius 1 is 1.20 bits per heavy atom. The minimum absolute atomic E-state index is 1.85. The average molecular weight is 159 g/mol.